The Morgan fingerprint density at radius 2 is 1.65 bits per heavy atom. The van der Waals surface area contributed by atoms with E-state index in [-0.39, 0.29) is 0 Å². The molecule has 1 N–H and O–H groups in total. The largest absolute Gasteiger partial charge is 0.323 e. The van der Waals surface area contributed by atoms with E-state index < -0.39 is 0 Å². The molecule has 88 valence electrons. The van der Waals surface area contributed by atoms with E-state index in [1.807, 2.05) is 0 Å². The quantitative estimate of drug-likeness (QED) is 0.720. The Morgan fingerprint density at radius 1 is 1.00 bits per heavy atom. The number of hydrogen-bond donors (Lipinski definition) is 1. The third-order valence-corrected chi connectivity index (χ3v) is 4.08. The Balaban J connectivity index is 2.30. The minimum Gasteiger partial charge on any atom is -0.323 e. The molecule has 0 atom stereocenters. The first-order valence-electron chi connectivity index (χ1n) is 4.46. The van der Waals surface area contributed by atoms with Crippen LogP contribution in [0.15, 0.2) is 33.5 Å². The zero-order valence-corrected chi connectivity index (χ0v) is 12.9. The van der Waals surface area contributed by atoms with E-state index in [1.165, 1.54) is 0 Å². The third-order valence-electron chi connectivity index (χ3n) is 1.90. The first kappa shape index (κ1) is 13.1. The van der Waals surface area contributed by atoms with Crippen molar-refractivity contribution in [2.45, 2.75) is 0 Å². The van der Waals surface area contributed by atoms with Gasteiger partial charge >= 0.3 is 0 Å². The summed E-state index contributed by atoms with van der Waals surface area (Å²) in [5.74, 6) is 0.452. The van der Waals surface area contributed by atoms with E-state index in [2.05, 4.69) is 47.1 Å². The Kier molecular flexibility index (Phi) is 4.25. The van der Waals surface area contributed by atoms with Gasteiger partial charge in [-0.2, -0.15) is 0 Å². The van der Waals surface area contributed by atoms with Crippen LogP contribution in [-0.2, 0) is 0 Å². The number of halogens is 4. The van der Waals surface area contributed by atoms with Gasteiger partial charge in [0.05, 0.1) is 20.2 Å². The summed E-state index contributed by atoms with van der Waals surface area (Å²) < 4.78 is 1.55. The van der Waals surface area contributed by atoms with Gasteiger partial charge in [-0.05, 0) is 44.0 Å². The number of nitrogens with one attached hydrogen (secondary N) is 1. The first-order valence-corrected chi connectivity index (χ1v) is 6.80. The summed E-state index contributed by atoms with van der Waals surface area (Å²) in [5.41, 5.74) is 0.655. The SMILES string of the molecule is Clc1c(Br)ccc(Nc2ncc(Br)cn2)c1Cl. The molecular weight excluding hydrogens is 393 g/mol. The molecule has 3 nitrogen and oxygen atoms in total. The predicted molar refractivity (Wildman–Crippen MR) is 77.2 cm³/mol. The van der Waals surface area contributed by atoms with Crippen molar-refractivity contribution in [2.24, 2.45) is 0 Å². The van der Waals surface area contributed by atoms with Crippen LogP contribution in [0, 0.1) is 0 Å². The number of anilines is 2. The lowest BCUT2D eigenvalue weighted by Crippen LogP contribution is -1.97. The molecule has 7 heteroatoms. The Morgan fingerprint density at radius 3 is 2.29 bits per heavy atom. The molecule has 17 heavy (non-hydrogen) atoms. The molecule has 2 rings (SSSR count). The molecule has 0 aliphatic carbocycles. The number of benzene rings is 1. The average molecular weight is 398 g/mol. The van der Waals surface area contributed by atoms with Crippen LogP contribution < -0.4 is 5.32 Å². The fourth-order valence-electron chi connectivity index (χ4n) is 1.12. The monoisotopic (exact) mass is 395 g/mol. The van der Waals surface area contributed by atoms with Gasteiger partial charge < -0.3 is 5.32 Å². The van der Waals surface area contributed by atoms with Crippen LogP contribution in [0.1, 0.15) is 0 Å². The van der Waals surface area contributed by atoms with Crippen LogP contribution in [0.3, 0.4) is 0 Å². The van der Waals surface area contributed by atoms with Gasteiger partial charge in [-0.1, -0.05) is 23.2 Å². The second kappa shape index (κ2) is 5.52. The summed E-state index contributed by atoms with van der Waals surface area (Å²) >= 11 is 18.7. The minimum atomic E-state index is 0.424. The van der Waals surface area contributed by atoms with Crippen LogP contribution in [-0.4, -0.2) is 9.97 Å². The molecule has 1 aromatic carbocycles. The summed E-state index contributed by atoms with van der Waals surface area (Å²) in [5, 5.41) is 3.86. The normalized spacial score (nSPS) is 10.4. The van der Waals surface area contributed by atoms with Gasteiger partial charge in [-0.3, -0.25) is 0 Å². The molecule has 1 aromatic heterocycles. The molecule has 2 aromatic rings. The van der Waals surface area contributed by atoms with E-state index >= 15 is 0 Å². The number of nitrogens with zero attached hydrogens (tertiary/aromatic N) is 2. The zero-order valence-electron chi connectivity index (χ0n) is 8.22. The fraction of sp³-hybridized carbons (Fsp3) is 0. The highest BCUT2D eigenvalue weighted by atomic mass is 79.9. The molecule has 0 bridgehead atoms. The van der Waals surface area contributed by atoms with Crippen molar-refractivity contribution in [2.75, 3.05) is 5.32 Å². The van der Waals surface area contributed by atoms with E-state index in [0.29, 0.717) is 21.7 Å². The zero-order chi connectivity index (χ0) is 12.4. The molecule has 0 saturated carbocycles. The van der Waals surface area contributed by atoms with Crippen LogP contribution in [0.4, 0.5) is 11.6 Å². The van der Waals surface area contributed by atoms with E-state index in [0.717, 1.165) is 8.95 Å². The maximum atomic E-state index is 6.09. The highest BCUT2D eigenvalue weighted by Crippen LogP contribution is 2.36. The number of rotatable bonds is 2. The van der Waals surface area contributed by atoms with Gasteiger partial charge in [0, 0.05) is 16.9 Å². The summed E-state index contributed by atoms with van der Waals surface area (Å²) in [6, 6.07) is 3.60. The fourth-order valence-corrected chi connectivity index (χ4v) is 2.15. The van der Waals surface area contributed by atoms with Crippen molar-refractivity contribution in [3.8, 4) is 0 Å². The standard InChI is InChI=1S/C10H5Br2Cl2N3/c11-5-3-15-10(16-4-5)17-7-2-1-6(12)8(13)9(7)14/h1-4H,(H,15,16,17). The third kappa shape index (κ3) is 3.10. The lowest BCUT2D eigenvalue weighted by molar-refractivity contribution is 1.15. The van der Waals surface area contributed by atoms with Crippen molar-refractivity contribution in [3.63, 3.8) is 0 Å². The summed E-state index contributed by atoms with van der Waals surface area (Å²) in [7, 11) is 0. The molecule has 0 spiro atoms. The predicted octanol–water partition coefficient (Wildman–Crippen LogP) is 5.05. The first-order chi connectivity index (χ1) is 8.08. The van der Waals surface area contributed by atoms with Gasteiger partial charge in [0.2, 0.25) is 5.95 Å². The van der Waals surface area contributed by atoms with Crippen LogP contribution in [0.2, 0.25) is 10.0 Å². The van der Waals surface area contributed by atoms with E-state index in [1.54, 1.807) is 24.5 Å². The Hall–Kier alpha value is -0.360. The van der Waals surface area contributed by atoms with Crippen molar-refractivity contribution in [3.05, 3.63) is 43.5 Å². The second-order valence-corrected chi connectivity index (χ2v) is 5.60. The molecule has 0 saturated heterocycles. The van der Waals surface area contributed by atoms with Gasteiger partial charge in [0.25, 0.3) is 0 Å². The van der Waals surface area contributed by atoms with Gasteiger partial charge in [-0.15, -0.1) is 0 Å². The van der Waals surface area contributed by atoms with E-state index in [4.69, 9.17) is 23.2 Å². The number of hydrogen-bond acceptors (Lipinski definition) is 3. The molecule has 0 amide bonds. The summed E-state index contributed by atoms with van der Waals surface area (Å²) in [4.78, 5) is 8.17. The van der Waals surface area contributed by atoms with Crippen LogP contribution in [0.5, 0.6) is 0 Å². The lowest BCUT2D eigenvalue weighted by Gasteiger charge is -2.08. The summed E-state index contributed by atoms with van der Waals surface area (Å²) in [6.45, 7) is 0. The second-order valence-electron chi connectivity index (χ2n) is 3.07. The molecule has 0 fully saturated rings. The van der Waals surface area contributed by atoms with Gasteiger partial charge in [-0.25, -0.2) is 9.97 Å². The smallest absolute Gasteiger partial charge is 0.227 e. The van der Waals surface area contributed by atoms with Crippen molar-refractivity contribution in [1.29, 1.82) is 0 Å². The van der Waals surface area contributed by atoms with E-state index in [9.17, 15) is 0 Å². The maximum absolute atomic E-state index is 6.09. The Bertz CT molecular complexity index is 546. The molecular formula is C10H5Br2Cl2N3. The topological polar surface area (TPSA) is 37.8 Å². The average Bonchev–Trinajstić information content (AvgIpc) is 2.33. The van der Waals surface area contributed by atoms with Gasteiger partial charge in [0.15, 0.2) is 0 Å². The van der Waals surface area contributed by atoms with Crippen molar-refractivity contribution in [1.82, 2.24) is 9.97 Å². The maximum Gasteiger partial charge on any atom is 0.227 e. The van der Waals surface area contributed by atoms with Crippen molar-refractivity contribution >= 4 is 66.7 Å². The highest BCUT2D eigenvalue weighted by Gasteiger charge is 2.09. The van der Waals surface area contributed by atoms with Crippen molar-refractivity contribution < 1.29 is 0 Å². The van der Waals surface area contributed by atoms with Crippen LogP contribution in [0.25, 0.3) is 0 Å². The minimum absolute atomic E-state index is 0.424. The molecule has 0 radical (unpaired) electrons. The molecule has 0 aliphatic rings. The molecule has 0 unspecified atom stereocenters. The van der Waals surface area contributed by atoms with Gasteiger partial charge in [0.1, 0.15) is 0 Å². The summed E-state index contributed by atoms with van der Waals surface area (Å²) in [6.07, 6.45) is 3.29. The van der Waals surface area contributed by atoms with Crippen LogP contribution >= 0.6 is 55.1 Å². The Labute approximate surface area is 125 Å². The highest BCUT2D eigenvalue weighted by molar-refractivity contribution is 9.10. The number of aromatic nitrogens is 2. The molecule has 0 aliphatic heterocycles. The lowest BCUT2D eigenvalue weighted by atomic mass is 10.3. The molecule has 1 heterocycles.